The Balaban J connectivity index is 0. The maximum atomic E-state index is 2.57. The fraction of sp³-hybridized carbons (Fsp3) is 0.765. The Morgan fingerprint density at radius 3 is 2.14 bits per heavy atom. The van der Waals surface area contributed by atoms with Crippen molar-refractivity contribution in [3.63, 3.8) is 0 Å². The van der Waals surface area contributed by atoms with Crippen molar-refractivity contribution in [3.05, 3.63) is 21.1 Å². The summed E-state index contributed by atoms with van der Waals surface area (Å²) >= 11 is 0.0925. The third-order valence-electron chi connectivity index (χ3n) is 4.36. The van der Waals surface area contributed by atoms with Crippen LogP contribution in [0, 0.1) is 11.8 Å². The Hall–Kier alpha value is 0.734. The van der Waals surface area contributed by atoms with E-state index in [1.807, 2.05) is 3.88 Å². The molecule has 0 saturated heterocycles. The predicted octanol–water partition coefficient (Wildman–Crippen LogP) is 5.57. The number of allylic oxidation sites excluding steroid dienone is 4. The maximum absolute atomic E-state index is 2.57. The van der Waals surface area contributed by atoms with Gasteiger partial charge in [-0.3, -0.25) is 0 Å². The average Bonchev–Trinajstić information content (AvgIpc) is 2.80. The van der Waals surface area contributed by atoms with Gasteiger partial charge in [-0.25, -0.2) is 0 Å². The van der Waals surface area contributed by atoms with E-state index in [2.05, 4.69) is 52.8 Å². The number of hydrogen-bond donors (Lipinski definition) is 0. The van der Waals surface area contributed by atoms with E-state index in [0.29, 0.717) is 0 Å². The fourth-order valence-corrected chi connectivity index (χ4v) is 5.15. The van der Waals surface area contributed by atoms with Gasteiger partial charge in [0.1, 0.15) is 0 Å². The molecule has 0 aromatic carbocycles. The van der Waals surface area contributed by atoms with Crippen molar-refractivity contribution < 1.29 is 19.2 Å². The minimum atomic E-state index is 0. The molecule has 2 unspecified atom stereocenters. The summed E-state index contributed by atoms with van der Waals surface area (Å²) in [4.78, 5) is 2.32. The number of rotatable bonds is 8. The molecule has 4 heteroatoms. The second-order valence-electron chi connectivity index (χ2n) is 6.18. The number of hydrogen-bond acceptors (Lipinski definition) is 1. The molecular weight excluding hydrogens is 337 g/mol. The topological polar surface area (TPSA) is 3.24 Å². The Kier molecular flexibility index (Phi) is 13.9. The standard InChI is InChI=1S/C13H21.C4H10N.2ClH.Ti/c1-5-10(3)12-7-8-13(9-12)11(4)6-2;1-4-5(2)3;;;/h9-11H,5-7H2,1-4H3;1,4H2,2-3H3;2*1H;. The molecule has 0 saturated carbocycles. The normalized spacial score (nSPS) is 17.0. The smallest absolute Gasteiger partial charge is 0.147 e. The molecule has 124 valence electrons. The van der Waals surface area contributed by atoms with E-state index in [9.17, 15) is 0 Å². The van der Waals surface area contributed by atoms with Gasteiger partial charge in [-0.1, -0.05) is 0 Å². The first kappa shape index (κ1) is 24.0. The molecule has 0 amide bonds. The van der Waals surface area contributed by atoms with Crippen molar-refractivity contribution in [1.29, 1.82) is 0 Å². The molecule has 0 aliphatic heterocycles. The van der Waals surface area contributed by atoms with E-state index < -0.39 is 0 Å². The van der Waals surface area contributed by atoms with Gasteiger partial charge in [-0.2, -0.15) is 0 Å². The van der Waals surface area contributed by atoms with Crippen LogP contribution in [0.4, 0.5) is 0 Å². The van der Waals surface area contributed by atoms with Crippen LogP contribution in [-0.2, 0) is 19.2 Å². The Bertz CT molecular complexity index is 351. The Morgan fingerprint density at radius 1 is 1.10 bits per heavy atom. The van der Waals surface area contributed by atoms with Gasteiger partial charge in [0.05, 0.1) is 0 Å². The molecule has 0 heterocycles. The first-order valence-corrected chi connectivity index (χ1v) is 9.70. The zero-order valence-corrected chi connectivity index (χ0v) is 17.7. The van der Waals surface area contributed by atoms with E-state index in [0.717, 1.165) is 11.8 Å². The summed E-state index contributed by atoms with van der Waals surface area (Å²) in [5, 5.41) is 0. The summed E-state index contributed by atoms with van der Waals surface area (Å²) in [5.41, 5.74) is 3.43. The first-order chi connectivity index (χ1) is 8.99. The van der Waals surface area contributed by atoms with Gasteiger partial charge < -0.3 is 0 Å². The quantitative estimate of drug-likeness (QED) is 0.505. The van der Waals surface area contributed by atoms with Crippen molar-refractivity contribution in [2.75, 3.05) is 20.6 Å². The summed E-state index contributed by atoms with van der Waals surface area (Å²) < 4.78 is 3.27. The summed E-state index contributed by atoms with van der Waals surface area (Å²) in [7, 11) is 4.38. The average molecular weight is 370 g/mol. The van der Waals surface area contributed by atoms with Crippen LogP contribution < -0.4 is 0 Å². The molecule has 0 fully saturated rings. The molecule has 0 aromatic heterocycles. The van der Waals surface area contributed by atoms with Crippen LogP contribution in [0.5, 0.6) is 0 Å². The number of halogens is 2. The van der Waals surface area contributed by atoms with E-state index in [1.54, 1.807) is 11.1 Å². The Labute approximate surface area is 153 Å². The minimum absolute atomic E-state index is 0. The maximum Gasteiger partial charge on any atom is -0.147 e. The Morgan fingerprint density at radius 2 is 1.67 bits per heavy atom. The van der Waals surface area contributed by atoms with Crippen LogP contribution in [0.1, 0.15) is 47.0 Å². The molecule has 0 aromatic rings. The third-order valence-corrected chi connectivity index (χ3v) is 6.49. The van der Waals surface area contributed by atoms with E-state index in [1.165, 1.54) is 30.5 Å². The molecule has 2 atom stereocenters. The zero-order valence-electron chi connectivity index (χ0n) is 14.5. The van der Waals surface area contributed by atoms with Crippen LogP contribution in [-0.4, -0.2) is 25.5 Å². The van der Waals surface area contributed by atoms with E-state index in [-0.39, 0.29) is 44.0 Å². The van der Waals surface area contributed by atoms with Crippen LogP contribution in [0.3, 0.4) is 0 Å². The van der Waals surface area contributed by atoms with Crippen molar-refractivity contribution in [2.45, 2.75) is 51.7 Å². The van der Waals surface area contributed by atoms with E-state index in [4.69, 9.17) is 0 Å². The largest absolute Gasteiger partial charge is 0.147 e. The van der Waals surface area contributed by atoms with Crippen LogP contribution in [0.2, 0.25) is 4.73 Å². The fourth-order valence-electron chi connectivity index (χ4n) is 2.48. The molecule has 1 aliphatic carbocycles. The molecule has 1 nitrogen and oxygen atoms in total. The summed E-state index contributed by atoms with van der Waals surface area (Å²) in [6, 6.07) is 0. The summed E-state index contributed by atoms with van der Waals surface area (Å²) in [6.45, 7) is 10.7. The summed E-state index contributed by atoms with van der Waals surface area (Å²) in [6.07, 6.45) is 6.44. The molecular formula is C17H33Cl2NTi. The van der Waals surface area contributed by atoms with Crippen LogP contribution in [0.15, 0.2) is 21.1 Å². The predicted molar refractivity (Wildman–Crippen MR) is 96.5 cm³/mol. The minimum Gasteiger partial charge on any atom is -0.147 e. The monoisotopic (exact) mass is 369 g/mol. The van der Waals surface area contributed by atoms with Crippen molar-refractivity contribution in [2.24, 2.45) is 11.8 Å². The second kappa shape index (κ2) is 12.2. The van der Waals surface area contributed by atoms with Gasteiger partial charge in [0.25, 0.3) is 0 Å². The van der Waals surface area contributed by atoms with Gasteiger partial charge in [0, 0.05) is 0 Å². The first-order valence-electron chi connectivity index (χ1n) is 7.81. The van der Waals surface area contributed by atoms with Crippen LogP contribution in [0.25, 0.3) is 0 Å². The zero-order chi connectivity index (χ0) is 14.4. The number of nitrogens with zero attached hydrogens (tertiary/aromatic N) is 1. The van der Waals surface area contributed by atoms with E-state index >= 15 is 0 Å². The molecule has 0 radical (unpaired) electrons. The van der Waals surface area contributed by atoms with Gasteiger partial charge in [0.15, 0.2) is 0 Å². The molecule has 0 bridgehead atoms. The summed E-state index contributed by atoms with van der Waals surface area (Å²) in [5.74, 6) is 1.54. The van der Waals surface area contributed by atoms with Gasteiger partial charge in [-0.15, -0.1) is 24.8 Å². The molecule has 0 N–H and O–H groups in total. The molecule has 1 aliphatic rings. The van der Waals surface area contributed by atoms with Crippen molar-refractivity contribution in [3.8, 4) is 0 Å². The molecule has 0 spiro atoms. The molecule has 21 heavy (non-hydrogen) atoms. The van der Waals surface area contributed by atoms with Gasteiger partial charge in [0.2, 0.25) is 0 Å². The van der Waals surface area contributed by atoms with Crippen LogP contribution >= 0.6 is 24.8 Å². The van der Waals surface area contributed by atoms with Gasteiger partial charge in [-0.05, 0) is 0 Å². The van der Waals surface area contributed by atoms with Gasteiger partial charge >= 0.3 is 129 Å². The third kappa shape index (κ3) is 7.70. The SMILES string of the molecule is CCC(C)C1=CC(C(C)CC)=[C]([Ti][CH2]CN(C)C)C1.Cl.Cl. The second-order valence-corrected chi connectivity index (χ2v) is 8.45. The van der Waals surface area contributed by atoms with Crippen molar-refractivity contribution >= 4 is 24.8 Å². The molecule has 1 rings (SSSR count). The van der Waals surface area contributed by atoms with Crippen molar-refractivity contribution in [1.82, 2.24) is 4.90 Å².